The average molecular weight is 389 g/mol. The Morgan fingerprint density at radius 2 is 1.88 bits per heavy atom. The molecule has 0 fully saturated rings. The molecule has 7 nitrogen and oxygen atoms in total. The van der Waals surface area contributed by atoms with Crippen molar-refractivity contribution in [3.63, 3.8) is 0 Å². The summed E-state index contributed by atoms with van der Waals surface area (Å²) in [5, 5.41) is 40.3. The number of aliphatic hydroxyl groups is 3. The topological polar surface area (TPSA) is 101 Å². The highest BCUT2D eigenvalue weighted by Crippen LogP contribution is 2.20. The molecule has 140 valence electrons. The number of aliphatic hydroxyl groups excluding tert-OH is 3. The standard InChI is InChI=1S/C16H25ClN4O3S/c17-11-16(24)12-18-5-10-25-13-19-20-14-1-3-15(4-2-14)21(6-8-22)7-9-23/h1-5,10,16,18,22-24H,6-9,11-13H2/b10-5-,20-19?. The summed E-state index contributed by atoms with van der Waals surface area (Å²) in [7, 11) is 0. The predicted molar refractivity (Wildman–Crippen MR) is 104 cm³/mol. The van der Waals surface area contributed by atoms with Crippen LogP contribution in [-0.4, -0.2) is 66.0 Å². The Morgan fingerprint density at radius 3 is 2.48 bits per heavy atom. The van der Waals surface area contributed by atoms with Gasteiger partial charge in [0.15, 0.2) is 0 Å². The highest BCUT2D eigenvalue weighted by atomic mass is 35.5. The Morgan fingerprint density at radius 1 is 1.20 bits per heavy atom. The minimum Gasteiger partial charge on any atom is -0.395 e. The zero-order valence-electron chi connectivity index (χ0n) is 14.0. The van der Waals surface area contributed by atoms with E-state index < -0.39 is 6.10 Å². The molecular weight excluding hydrogens is 364 g/mol. The average Bonchev–Trinajstić information content (AvgIpc) is 2.64. The first-order chi connectivity index (χ1) is 12.2. The largest absolute Gasteiger partial charge is 0.395 e. The molecule has 0 aliphatic rings. The van der Waals surface area contributed by atoms with Gasteiger partial charge in [-0.2, -0.15) is 10.2 Å². The maximum atomic E-state index is 9.24. The van der Waals surface area contributed by atoms with Gasteiger partial charge in [0.25, 0.3) is 0 Å². The van der Waals surface area contributed by atoms with E-state index in [2.05, 4.69) is 15.5 Å². The van der Waals surface area contributed by atoms with Gasteiger partial charge in [0.05, 0.1) is 30.9 Å². The molecule has 9 heteroatoms. The number of benzene rings is 1. The van der Waals surface area contributed by atoms with E-state index in [0.717, 1.165) is 11.4 Å². The van der Waals surface area contributed by atoms with E-state index in [0.29, 0.717) is 25.5 Å². The van der Waals surface area contributed by atoms with Crippen molar-refractivity contribution in [2.24, 2.45) is 10.2 Å². The van der Waals surface area contributed by atoms with Gasteiger partial charge in [-0.3, -0.25) is 0 Å². The molecule has 0 spiro atoms. The zero-order chi connectivity index (χ0) is 18.3. The van der Waals surface area contributed by atoms with E-state index in [9.17, 15) is 5.11 Å². The van der Waals surface area contributed by atoms with E-state index in [1.807, 2.05) is 34.6 Å². The lowest BCUT2D eigenvalue weighted by Gasteiger charge is -2.22. The van der Waals surface area contributed by atoms with Crippen molar-refractivity contribution < 1.29 is 15.3 Å². The molecule has 1 aromatic carbocycles. The molecule has 0 aromatic heterocycles. The summed E-state index contributed by atoms with van der Waals surface area (Å²) in [6, 6.07) is 7.46. The number of azo groups is 1. The second kappa shape index (κ2) is 13.9. The van der Waals surface area contributed by atoms with Gasteiger partial charge >= 0.3 is 0 Å². The van der Waals surface area contributed by atoms with Crippen LogP contribution in [-0.2, 0) is 0 Å². The zero-order valence-corrected chi connectivity index (χ0v) is 15.5. The Bertz CT molecular complexity index is 511. The number of hydrogen-bond acceptors (Lipinski definition) is 8. The van der Waals surface area contributed by atoms with Crippen molar-refractivity contribution >= 4 is 34.7 Å². The summed E-state index contributed by atoms with van der Waals surface area (Å²) in [6.45, 7) is 1.43. The van der Waals surface area contributed by atoms with Crippen LogP contribution in [0.1, 0.15) is 0 Å². The molecule has 1 atom stereocenters. The first-order valence-corrected chi connectivity index (χ1v) is 9.47. The van der Waals surface area contributed by atoms with Gasteiger partial charge < -0.3 is 25.5 Å². The predicted octanol–water partition coefficient (Wildman–Crippen LogP) is 1.91. The molecule has 1 aromatic rings. The van der Waals surface area contributed by atoms with Crippen LogP contribution in [0, 0.1) is 0 Å². The summed E-state index contributed by atoms with van der Waals surface area (Å²) in [4.78, 5) is 1.90. The third-order valence-corrected chi connectivity index (χ3v) is 4.04. The highest BCUT2D eigenvalue weighted by Gasteiger charge is 2.04. The maximum absolute atomic E-state index is 9.24. The van der Waals surface area contributed by atoms with Gasteiger partial charge in [-0.1, -0.05) is 0 Å². The number of alkyl halides is 1. The Labute approximate surface area is 157 Å². The second-order valence-electron chi connectivity index (χ2n) is 5.01. The van der Waals surface area contributed by atoms with Crippen molar-refractivity contribution in [3.05, 3.63) is 35.9 Å². The molecule has 25 heavy (non-hydrogen) atoms. The van der Waals surface area contributed by atoms with Crippen molar-refractivity contribution in [1.29, 1.82) is 0 Å². The van der Waals surface area contributed by atoms with E-state index in [4.69, 9.17) is 21.8 Å². The lowest BCUT2D eigenvalue weighted by Crippen LogP contribution is -2.29. The van der Waals surface area contributed by atoms with Crippen LogP contribution in [0.15, 0.2) is 46.1 Å². The van der Waals surface area contributed by atoms with E-state index in [1.165, 1.54) is 11.8 Å². The van der Waals surface area contributed by atoms with Gasteiger partial charge in [-0.25, -0.2) is 0 Å². The molecule has 0 bridgehead atoms. The monoisotopic (exact) mass is 388 g/mol. The highest BCUT2D eigenvalue weighted by molar-refractivity contribution is 8.02. The van der Waals surface area contributed by atoms with Crippen molar-refractivity contribution in [2.75, 3.05) is 49.5 Å². The number of thioether (sulfide) groups is 1. The quantitative estimate of drug-likeness (QED) is 0.234. The van der Waals surface area contributed by atoms with Crippen molar-refractivity contribution in [2.45, 2.75) is 6.10 Å². The molecular formula is C16H25ClN4O3S. The molecule has 0 aliphatic carbocycles. The van der Waals surface area contributed by atoms with E-state index in [-0.39, 0.29) is 19.1 Å². The number of anilines is 1. The van der Waals surface area contributed by atoms with Crippen LogP contribution in [0.4, 0.5) is 11.4 Å². The van der Waals surface area contributed by atoms with E-state index in [1.54, 1.807) is 6.20 Å². The Balaban J connectivity index is 2.34. The minimum atomic E-state index is -0.551. The molecule has 0 radical (unpaired) electrons. The summed E-state index contributed by atoms with van der Waals surface area (Å²) in [6.07, 6.45) is 1.19. The third-order valence-electron chi connectivity index (χ3n) is 3.09. The number of nitrogens with zero attached hydrogens (tertiary/aromatic N) is 3. The maximum Gasteiger partial charge on any atom is 0.110 e. The summed E-state index contributed by atoms with van der Waals surface area (Å²) < 4.78 is 0. The second-order valence-corrected chi connectivity index (χ2v) is 6.18. The molecule has 4 N–H and O–H groups in total. The van der Waals surface area contributed by atoms with Crippen LogP contribution in [0.5, 0.6) is 0 Å². The van der Waals surface area contributed by atoms with Gasteiger partial charge in [0, 0.05) is 31.5 Å². The number of rotatable bonds is 13. The fourth-order valence-corrected chi connectivity index (χ4v) is 2.40. The lowest BCUT2D eigenvalue weighted by molar-refractivity contribution is 0.199. The van der Waals surface area contributed by atoms with E-state index >= 15 is 0 Å². The van der Waals surface area contributed by atoms with Crippen LogP contribution < -0.4 is 10.2 Å². The van der Waals surface area contributed by atoms with Crippen LogP contribution >= 0.6 is 23.4 Å². The van der Waals surface area contributed by atoms with Crippen molar-refractivity contribution in [1.82, 2.24) is 5.32 Å². The SMILES string of the molecule is OCCN(CCO)c1ccc(N=NCS/C=C\NCC(O)CCl)cc1. The summed E-state index contributed by atoms with van der Waals surface area (Å²) in [5.74, 6) is 0.692. The molecule has 0 heterocycles. The fourth-order valence-electron chi connectivity index (χ4n) is 1.88. The first-order valence-electron chi connectivity index (χ1n) is 7.89. The third kappa shape index (κ3) is 9.66. The molecule has 0 saturated heterocycles. The molecule has 1 rings (SSSR count). The van der Waals surface area contributed by atoms with Gasteiger partial charge in [0.1, 0.15) is 5.88 Å². The number of halogens is 1. The Kier molecular flexibility index (Phi) is 12.1. The van der Waals surface area contributed by atoms with Crippen molar-refractivity contribution in [3.8, 4) is 0 Å². The molecule has 1 unspecified atom stereocenters. The van der Waals surface area contributed by atoms with Crippen LogP contribution in [0.25, 0.3) is 0 Å². The lowest BCUT2D eigenvalue weighted by atomic mass is 10.2. The molecule has 0 aliphatic heterocycles. The van der Waals surface area contributed by atoms with Crippen LogP contribution in [0.2, 0.25) is 0 Å². The molecule has 0 amide bonds. The summed E-state index contributed by atoms with van der Waals surface area (Å²) >= 11 is 6.95. The van der Waals surface area contributed by atoms with Gasteiger partial charge in [0.2, 0.25) is 0 Å². The van der Waals surface area contributed by atoms with Gasteiger partial charge in [-0.05, 0) is 29.7 Å². The smallest absolute Gasteiger partial charge is 0.110 e. The first kappa shape index (κ1) is 21.7. The normalized spacial score (nSPS) is 12.8. The number of nitrogens with one attached hydrogen (secondary N) is 1. The number of hydrogen-bond donors (Lipinski definition) is 4. The summed E-state index contributed by atoms with van der Waals surface area (Å²) in [5.41, 5.74) is 1.66. The molecule has 0 saturated carbocycles. The Hall–Kier alpha value is -1.32. The fraction of sp³-hybridized carbons (Fsp3) is 0.500. The van der Waals surface area contributed by atoms with Gasteiger partial charge in [-0.15, -0.1) is 23.4 Å². The van der Waals surface area contributed by atoms with Crippen LogP contribution in [0.3, 0.4) is 0 Å². The minimum absolute atomic E-state index is 0.0336.